The van der Waals surface area contributed by atoms with Crippen molar-refractivity contribution in [3.63, 3.8) is 0 Å². The maximum atomic E-state index is 5.57. The van der Waals surface area contributed by atoms with E-state index in [1.165, 1.54) is 5.57 Å². The lowest BCUT2D eigenvalue weighted by Gasteiger charge is -2.08. The van der Waals surface area contributed by atoms with E-state index in [2.05, 4.69) is 23.2 Å². The SMILES string of the molecule is Cc1ccc(OCC2=CCCC=C2)nc1. The molecule has 1 heterocycles. The average molecular weight is 201 g/mol. The van der Waals surface area contributed by atoms with E-state index >= 15 is 0 Å². The van der Waals surface area contributed by atoms with Crippen LogP contribution in [0.2, 0.25) is 0 Å². The maximum Gasteiger partial charge on any atom is 0.213 e. The summed E-state index contributed by atoms with van der Waals surface area (Å²) in [6.45, 7) is 2.63. The molecule has 0 fully saturated rings. The van der Waals surface area contributed by atoms with Crippen molar-refractivity contribution >= 4 is 0 Å². The Labute approximate surface area is 90.3 Å². The standard InChI is InChI=1S/C13H15NO/c1-11-7-8-13(14-9-11)15-10-12-5-3-2-4-6-12/h3,5-9H,2,4,10H2,1H3. The van der Waals surface area contributed by atoms with Crippen molar-refractivity contribution in [2.24, 2.45) is 0 Å². The molecule has 1 aromatic heterocycles. The van der Waals surface area contributed by atoms with Crippen molar-refractivity contribution in [3.8, 4) is 5.88 Å². The van der Waals surface area contributed by atoms with Crippen LogP contribution >= 0.6 is 0 Å². The fourth-order valence-electron chi connectivity index (χ4n) is 1.47. The highest BCUT2D eigenvalue weighted by atomic mass is 16.5. The van der Waals surface area contributed by atoms with Crippen LogP contribution in [0.4, 0.5) is 0 Å². The van der Waals surface area contributed by atoms with Crippen LogP contribution in [0.1, 0.15) is 18.4 Å². The van der Waals surface area contributed by atoms with Gasteiger partial charge in [-0.05, 0) is 30.9 Å². The van der Waals surface area contributed by atoms with Crippen LogP contribution < -0.4 is 4.74 Å². The summed E-state index contributed by atoms with van der Waals surface area (Å²) in [5.74, 6) is 0.695. The van der Waals surface area contributed by atoms with Gasteiger partial charge >= 0.3 is 0 Å². The van der Waals surface area contributed by atoms with Crippen LogP contribution in [0.25, 0.3) is 0 Å². The Morgan fingerprint density at radius 2 is 2.27 bits per heavy atom. The Balaban J connectivity index is 1.90. The molecule has 0 saturated heterocycles. The van der Waals surface area contributed by atoms with Crippen molar-refractivity contribution in [1.82, 2.24) is 4.98 Å². The normalized spacial score (nSPS) is 14.9. The molecule has 0 bridgehead atoms. The zero-order valence-electron chi connectivity index (χ0n) is 8.94. The lowest BCUT2D eigenvalue weighted by Crippen LogP contribution is -2.02. The molecule has 0 amide bonds. The Kier molecular flexibility index (Phi) is 3.18. The first-order valence-electron chi connectivity index (χ1n) is 5.25. The minimum absolute atomic E-state index is 0.618. The summed E-state index contributed by atoms with van der Waals surface area (Å²) >= 11 is 0. The molecule has 2 nitrogen and oxygen atoms in total. The van der Waals surface area contributed by atoms with Crippen LogP contribution in [0.15, 0.2) is 42.1 Å². The number of hydrogen-bond donors (Lipinski definition) is 0. The van der Waals surface area contributed by atoms with E-state index in [0.717, 1.165) is 18.4 Å². The topological polar surface area (TPSA) is 22.1 Å². The van der Waals surface area contributed by atoms with Crippen molar-refractivity contribution < 1.29 is 4.74 Å². The highest BCUT2D eigenvalue weighted by molar-refractivity contribution is 5.24. The van der Waals surface area contributed by atoms with Gasteiger partial charge < -0.3 is 4.74 Å². The Bertz CT molecular complexity index is 376. The number of aromatic nitrogens is 1. The summed E-state index contributed by atoms with van der Waals surface area (Å²) in [6.07, 6.45) is 10.6. The molecule has 0 radical (unpaired) electrons. The van der Waals surface area contributed by atoms with Crippen LogP contribution in [0.5, 0.6) is 5.88 Å². The molecule has 0 spiro atoms. The molecule has 0 saturated carbocycles. The second-order valence-corrected chi connectivity index (χ2v) is 3.72. The van der Waals surface area contributed by atoms with Crippen molar-refractivity contribution in [2.75, 3.05) is 6.61 Å². The molecule has 0 unspecified atom stereocenters. The minimum Gasteiger partial charge on any atom is -0.473 e. The van der Waals surface area contributed by atoms with Gasteiger partial charge in [-0.25, -0.2) is 4.98 Å². The third kappa shape index (κ3) is 2.94. The molecule has 0 aliphatic heterocycles. The van der Waals surface area contributed by atoms with Gasteiger partial charge in [0.15, 0.2) is 0 Å². The van der Waals surface area contributed by atoms with E-state index in [1.807, 2.05) is 25.3 Å². The number of nitrogens with zero attached hydrogens (tertiary/aromatic N) is 1. The van der Waals surface area contributed by atoms with Gasteiger partial charge in [0, 0.05) is 12.3 Å². The van der Waals surface area contributed by atoms with Crippen LogP contribution in [0, 0.1) is 6.92 Å². The number of hydrogen-bond acceptors (Lipinski definition) is 2. The molecule has 2 rings (SSSR count). The third-order valence-electron chi connectivity index (χ3n) is 2.34. The fraction of sp³-hybridized carbons (Fsp3) is 0.308. The molecule has 0 aromatic carbocycles. The zero-order chi connectivity index (χ0) is 10.5. The molecule has 15 heavy (non-hydrogen) atoms. The van der Waals surface area contributed by atoms with E-state index in [1.54, 1.807) is 0 Å². The molecular formula is C13H15NO. The van der Waals surface area contributed by atoms with Crippen LogP contribution in [-0.4, -0.2) is 11.6 Å². The lowest BCUT2D eigenvalue weighted by atomic mass is 10.1. The number of aryl methyl sites for hydroxylation is 1. The number of rotatable bonds is 3. The van der Waals surface area contributed by atoms with Crippen molar-refractivity contribution in [3.05, 3.63) is 47.7 Å². The highest BCUT2D eigenvalue weighted by Gasteiger charge is 1.99. The first-order valence-corrected chi connectivity index (χ1v) is 5.25. The predicted octanol–water partition coefficient (Wildman–Crippen LogP) is 3.05. The Morgan fingerprint density at radius 1 is 1.33 bits per heavy atom. The van der Waals surface area contributed by atoms with E-state index in [4.69, 9.17) is 4.74 Å². The summed E-state index contributed by atoms with van der Waals surface area (Å²) in [5, 5.41) is 0. The van der Waals surface area contributed by atoms with Gasteiger partial charge in [0.2, 0.25) is 5.88 Å². The summed E-state index contributed by atoms with van der Waals surface area (Å²) < 4.78 is 5.57. The minimum atomic E-state index is 0.618. The Morgan fingerprint density at radius 3 is 2.93 bits per heavy atom. The quantitative estimate of drug-likeness (QED) is 0.749. The smallest absolute Gasteiger partial charge is 0.213 e. The largest absolute Gasteiger partial charge is 0.473 e. The van der Waals surface area contributed by atoms with E-state index in [9.17, 15) is 0 Å². The van der Waals surface area contributed by atoms with E-state index < -0.39 is 0 Å². The molecule has 1 aliphatic carbocycles. The zero-order valence-corrected chi connectivity index (χ0v) is 8.94. The number of allylic oxidation sites excluding steroid dienone is 2. The average Bonchev–Trinajstić information content (AvgIpc) is 2.30. The second-order valence-electron chi connectivity index (χ2n) is 3.72. The predicted molar refractivity (Wildman–Crippen MR) is 60.9 cm³/mol. The van der Waals surface area contributed by atoms with Crippen LogP contribution in [0.3, 0.4) is 0 Å². The van der Waals surface area contributed by atoms with Gasteiger partial charge in [0.05, 0.1) is 0 Å². The monoisotopic (exact) mass is 201 g/mol. The summed E-state index contributed by atoms with van der Waals surface area (Å²) in [5.41, 5.74) is 2.39. The van der Waals surface area contributed by atoms with Gasteiger partial charge in [-0.3, -0.25) is 0 Å². The maximum absolute atomic E-state index is 5.57. The summed E-state index contributed by atoms with van der Waals surface area (Å²) in [4.78, 5) is 4.19. The molecule has 1 aliphatic rings. The van der Waals surface area contributed by atoms with Gasteiger partial charge in [-0.2, -0.15) is 0 Å². The van der Waals surface area contributed by atoms with Gasteiger partial charge in [-0.1, -0.05) is 24.3 Å². The first kappa shape index (κ1) is 9.97. The highest BCUT2D eigenvalue weighted by Crippen LogP contribution is 2.12. The molecule has 78 valence electrons. The van der Waals surface area contributed by atoms with Crippen molar-refractivity contribution in [2.45, 2.75) is 19.8 Å². The Hall–Kier alpha value is -1.57. The summed E-state index contributed by atoms with van der Waals surface area (Å²) in [7, 11) is 0. The second kappa shape index (κ2) is 4.78. The van der Waals surface area contributed by atoms with Gasteiger partial charge in [0.25, 0.3) is 0 Å². The van der Waals surface area contributed by atoms with Crippen molar-refractivity contribution in [1.29, 1.82) is 0 Å². The number of ether oxygens (including phenoxy) is 1. The van der Waals surface area contributed by atoms with Crippen LogP contribution in [-0.2, 0) is 0 Å². The van der Waals surface area contributed by atoms with Gasteiger partial charge in [0.1, 0.15) is 6.61 Å². The van der Waals surface area contributed by atoms with Gasteiger partial charge in [-0.15, -0.1) is 0 Å². The van der Waals surface area contributed by atoms with E-state index in [-0.39, 0.29) is 0 Å². The first-order chi connectivity index (χ1) is 7.34. The van der Waals surface area contributed by atoms with E-state index in [0.29, 0.717) is 12.5 Å². The lowest BCUT2D eigenvalue weighted by molar-refractivity contribution is 0.340. The molecular weight excluding hydrogens is 186 g/mol. The summed E-state index contributed by atoms with van der Waals surface area (Å²) in [6, 6.07) is 3.91. The number of pyridine rings is 1. The molecule has 2 heteroatoms. The fourth-order valence-corrected chi connectivity index (χ4v) is 1.47. The molecule has 0 atom stereocenters. The third-order valence-corrected chi connectivity index (χ3v) is 2.34. The molecule has 1 aromatic rings. The molecule has 0 N–H and O–H groups in total.